The number of carboxylic acid groups (broad SMARTS) is 2. The summed E-state index contributed by atoms with van der Waals surface area (Å²) in [6, 6.07) is 0. The van der Waals surface area contributed by atoms with Crippen LogP contribution in [0.15, 0.2) is 12.2 Å². The average molecular weight is 267 g/mol. The lowest BCUT2D eigenvalue weighted by molar-refractivity contribution is -0.147. The number of nitrogens with one attached hydrogen (secondary N) is 1. The standard InChI is InChI=1S/C13H17NO5/c15-9(16)2-1-5-14-12(17)10-7-3-4-8(6-7)11(10)13(18)19/h3-4,7-8,10-11H,1-2,5-6H2,(H,14,17)(H,15,16)(H,18,19)/t7?,8?,10-,11+/m0/s1. The second-order valence-electron chi connectivity index (χ2n) is 5.13. The molecular weight excluding hydrogens is 250 g/mol. The lowest BCUT2D eigenvalue weighted by Crippen LogP contribution is -2.40. The van der Waals surface area contributed by atoms with Crippen LogP contribution in [0.2, 0.25) is 0 Å². The van der Waals surface area contributed by atoms with Gasteiger partial charge in [-0.25, -0.2) is 0 Å². The molecule has 3 N–H and O–H groups in total. The van der Waals surface area contributed by atoms with Gasteiger partial charge in [0.25, 0.3) is 0 Å². The van der Waals surface area contributed by atoms with Crippen molar-refractivity contribution in [3.63, 3.8) is 0 Å². The summed E-state index contributed by atoms with van der Waals surface area (Å²) in [6.45, 7) is 0.273. The van der Waals surface area contributed by atoms with Crippen molar-refractivity contribution in [2.45, 2.75) is 19.3 Å². The van der Waals surface area contributed by atoms with E-state index in [0.29, 0.717) is 6.42 Å². The van der Waals surface area contributed by atoms with Gasteiger partial charge in [-0.3, -0.25) is 14.4 Å². The zero-order valence-electron chi connectivity index (χ0n) is 10.4. The molecule has 2 unspecified atom stereocenters. The number of rotatable bonds is 6. The predicted molar refractivity (Wildman–Crippen MR) is 65.2 cm³/mol. The first-order chi connectivity index (χ1) is 9.00. The molecule has 1 amide bonds. The molecule has 0 aliphatic heterocycles. The van der Waals surface area contributed by atoms with Crippen molar-refractivity contribution in [2.24, 2.45) is 23.7 Å². The molecule has 0 aromatic carbocycles. The van der Waals surface area contributed by atoms with Gasteiger partial charge in [0, 0.05) is 13.0 Å². The minimum absolute atomic E-state index is 0.000732. The van der Waals surface area contributed by atoms with E-state index in [1.807, 2.05) is 12.2 Å². The van der Waals surface area contributed by atoms with Crippen molar-refractivity contribution < 1.29 is 24.6 Å². The van der Waals surface area contributed by atoms with Gasteiger partial charge in [-0.1, -0.05) is 12.2 Å². The summed E-state index contributed by atoms with van der Waals surface area (Å²) in [7, 11) is 0. The molecule has 2 aliphatic rings. The number of hydrogen-bond acceptors (Lipinski definition) is 3. The van der Waals surface area contributed by atoms with E-state index in [-0.39, 0.29) is 30.7 Å². The molecule has 19 heavy (non-hydrogen) atoms. The highest BCUT2D eigenvalue weighted by Gasteiger charge is 2.51. The Morgan fingerprint density at radius 3 is 2.32 bits per heavy atom. The van der Waals surface area contributed by atoms with Gasteiger partial charge in [0.05, 0.1) is 11.8 Å². The molecule has 4 atom stereocenters. The second kappa shape index (κ2) is 5.42. The minimum Gasteiger partial charge on any atom is -0.481 e. The summed E-state index contributed by atoms with van der Waals surface area (Å²) < 4.78 is 0. The fourth-order valence-corrected chi connectivity index (χ4v) is 3.09. The minimum atomic E-state index is -0.928. The molecule has 0 radical (unpaired) electrons. The zero-order valence-corrected chi connectivity index (χ0v) is 10.4. The third-order valence-electron chi connectivity index (χ3n) is 3.91. The number of fused-ring (bicyclic) bond motifs is 2. The topological polar surface area (TPSA) is 104 Å². The molecule has 0 saturated heterocycles. The van der Waals surface area contributed by atoms with Crippen LogP contribution in [0.1, 0.15) is 19.3 Å². The van der Waals surface area contributed by atoms with Crippen LogP contribution < -0.4 is 5.32 Å². The van der Waals surface area contributed by atoms with Crippen LogP contribution in [0.5, 0.6) is 0 Å². The van der Waals surface area contributed by atoms with Gasteiger partial charge in [0.2, 0.25) is 5.91 Å². The van der Waals surface area contributed by atoms with Crippen LogP contribution in [0.4, 0.5) is 0 Å². The SMILES string of the molecule is O=C(O)CCCNC(=O)[C@H]1C2C=CC(C2)[C@H]1C(=O)O. The van der Waals surface area contributed by atoms with Crippen molar-refractivity contribution in [2.75, 3.05) is 6.54 Å². The van der Waals surface area contributed by atoms with Crippen LogP contribution in [0.3, 0.4) is 0 Å². The summed E-state index contributed by atoms with van der Waals surface area (Å²) in [5.74, 6) is -3.30. The van der Waals surface area contributed by atoms with Crippen molar-refractivity contribution in [3.8, 4) is 0 Å². The number of allylic oxidation sites excluding steroid dienone is 2. The summed E-state index contributed by atoms with van der Waals surface area (Å²) in [5.41, 5.74) is 0. The first-order valence-corrected chi connectivity index (χ1v) is 6.41. The Morgan fingerprint density at radius 2 is 1.74 bits per heavy atom. The monoisotopic (exact) mass is 267 g/mol. The maximum absolute atomic E-state index is 12.0. The Hall–Kier alpha value is -1.85. The highest BCUT2D eigenvalue weighted by atomic mass is 16.4. The van der Waals surface area contributed by atoms with E-state index >= 15 is 0 Å². The van der Waals surface area contributed by atoms with E-state index in [1.54, 1.807) is 0 Å². The van der Waals surface area contributed by atoms with Gasteiger partial charge in [-0.2, -0.15) is 0 Å². The Balaban J connectivity index is 1.89. The van der Waals surface area contributed by atoms with E-state index in [2.05, 4.69) is 5.32 Å². The van der Waals surface area contributed by atoms with Gasteiger partial charge >= 0.3 is 11.9 Å². The highest BCUT2D eigenvalue weighted by molar-refractivity contribution is 5.86. The molecule has 2 rings (SSSR count). The van der Waals surface area contributed by atoms with E-state index in [0.717, 1.165) is 6.42 Å². The number of carbonyl (C=O) groups is 3. The summed E-state index contributed by atoms with van der Waals surface area (Å²) in [5, 5.41) is 20.3. The van der Waals surface area contributed by atoms with Crippen molar-refractivity contribution in [1.82, 2.24) is 5.32 Å². The fraction of sp³-hybridized carbons (Fsp3) is 0.615. The Labute approximate surface area is 110 Å². The lowest BCUT2D eigenvalue weighted by atomic mass is 9.82. The molecule has 6 heteroatoms. The van der Waals surface area contributed by atoms with Crippen LogP contribution >= 0.6 is 0 Å². The molecule has 0 aromatic heterocycles. The molecule has 2 aliphatic carbocycles. The number of carboxylic acids is 2. The van der Waals surface area contributed by atoms with Gasteiger partial charge in [0.15, 0.2) is 0 Å². The van der Waals surface area contributed by atoms with E-state index in [1.165, 1.54) is 0 Å². The average Bonchev–Trinajstić information content (AvgIpc) is 2.93. The fourth-order valence-electron chi connectivity index (χ4n) is 3.09. The Bertz CT molecular complexity index is 431. The largest absolute Gasteiger partial charge is 0.481 e. The molecular formula is C13H17NO5. The lowest BCUT2D eigenvalue weighted by Gasteiger charge is -2.23. The number of aliphatic carboxylic acids is 2. The first-order valence-electron chi connectivity index (χ1n) is 6.41. The molecule has 104 valence electrons. The summed E-state index contributed by atoms with van der Waals surface area (Å²) in [4.78, 5) is 33.6. The highest BCUT2D eigenvalue weighted by Crippen LogP contribution is 2.48. The normalized spacial score (nSPS) is 31.4. The number of hydrogen-bond donors (Lipinski definition) is 3. The maximum Gasteiger partial charge on any atom is 0.307 e. The molecule has 0 aromatic rings. The van der Waals surface area contributed by atoms with E-state index in [9.17, 15) is 19.5 Å². The zero-order chi connectivity index (χ0) is 14.0. The van der Waals surface area contributed by atoms with Gasteiger partial charge in [-0.05, 0) is 24.7 Å². The van der Waals surface area contributed by atoms with Crippen LogP contribution in [-0.4, -0.2) is 34.6 Å². The molecule has 2 bridgehead atoms. The molecule has 1 fully saturated rings. The van der Waals surface area contributed by atoms with Crippen molar-refractivity contribution >= 4 is 17.8 Å². The van der Waals surface area contributed by atoms with Gasteiger partial charge in [-0.15, -0.1) is 0 Å². The van der Waals surface area contributed by atoms with Crippen LogP contribution in [0, 0.1) is 23.7 Å². The van der Waals surface area contributed by atoms with E-state index in [4.69, 9.17) is 5.11 Å². The third kappa shape index (κ3) is 2.77. The number of amides is 1. The number of carbonyl (C=O) groups excluding carboxylic acids is 1. The maximum atomic E-state index is 12.0. The van der Waals surface area contributed by atoms with Gasteiger partial charge < -0.3 is 15.5 Å². The Morgan fingerprint density at radius 1 is 1.11 bits per heavy atom. The predicted octanol–water partition coefficient (Wildman–Crippen LogP) is 0.490. The quantitative estimate of drug-likeness (QED) is 0.480. The van der Waals surface area contributed by atoms with Gasteiger partial charge in [0.1, 0.15) is 0 Å². The summed E-state index contributed by atoms with van der Waals surface area (Å²) in [6.07, 6.45) is 4.89. The molecule has 0 heterocycles. The van der Waals surface area contributed by atoms with Crippen molar-refractivity contribution in [1.29, 1.82) is 0 Å². The molecule has 1 saturated carbocycles. The third-order valence-corrected chi connectivity index (χ3v) is 3.91. The first kappa shape index (κ1) is 13.6. The molecule has 0 spiro atoms. The molecule has 6 nitrogen and oxygen atoms in total. The second-order valence-corrected chi connectivity index (χ2v) is 5.13. The van der Waals surface area contributed by atoms with Crippen LogP contribution in [0.25, 0.3) is 0 Å². The van der Waals surface area contributed by atoms with E-state index < -0.39 is 23.8 Å². The smallest absolute Gasteiger partial charge is 0.307 e. The van der Waals surface area contributed by atoms with Crippen molar-refractivity contribution in [3.05, 3.63) is 12.2 Å². The summed E-state index contributed by atoms with van der Waals surface area (Å²) >= 11 is 0. The Kier molecular flexibility index (Phi) is 3.87. The van der Waals surface area contributed by atoms with Crippen LogP contribution in [-0.2, 0) is 14.4 Å².